The third-order valence-corrected chi connectivity index (χ3v) is 7.78. The Bertz CT molecular complexity index is 1070. The summed E-state index contributed by atoms with van der Waals surface area (Å²) in [7, 11) is 0. The van der Waals surface area contributed by atoms with Crippen LogP contribution in [0.2, 0.25) is 0 Å². The summed E-state index contributed by atoms with van der Waals surface area (Å²) in [4.78, 5) is 24.4. The van der Waals surface area contributed by atoms with Crippen LogP contribution >= 0.6 is 0 Å². The van der Waals surface area contributed by atoms with Crippen LogP contribution in [0.15, 0.2) is 72.8 Å². The minimum atomic E-state index is -3.39. The molecule has 3 rings (SSSR count). The fourth-order valence-corrected chi connectivity index (χ4v) is 5.37. The quantitative estimate of drug-likeness (QED) is 0.113. The molecule has 0 heterocycles. The number of halogens is 2. The van der Waals surface area contributed by atoms with E-state index in [0.29, 0.717) is 38.7 Å². The van der Waals surface area contributed by atoms with E-state index in [4.69, 9.17) is 9.47 Å². The molecule has 0 spiro atoms. The standard InChI is InChI=1S/C34H44F2O5/c1-2-3-22-34(35,36)32(38)21-20-29-28(30(37)23-31(29)40-24-26-14-8-6-9-15-26)18-12-4-5-13-19-33(39)41-25-27-16-10-7-11-17-27/h6-11,14-17,20-21,28-31,37H,2-5,12-13,18-19,22-25H2,1H3/t28-,29-,30+,31-/m1/s1. The first-order valence-corrected chi connectivity index (χ1v) is 14.9. The van der Waals surface area contributed by atoms with E-state index in [-0.39, 0.29) is 36.9 Å². The molecule has 224 valence electrons. The summed E-state index contributed by atoms with van der Waals surface area (Å²) in [5.41, 5.74) is 1.94. The molecule has 0 unspecified atom stereocenters. The Kier molecular flexibility index (Phi) is 13.6. The maximum atomic E-state index is 14.3. The largest absolute Gasteiger partial charge is 0.461 e. The van der Waals surface area contributed by atoms with Crippen molar-refractivity contribution in [1.29, 1.82) is 0 Å². The van der Waals surface area contributed by atoms with E-state index in [1.165, 1.54) is 0 Å². The molecule has 0 aliphatic heterocycles. The lowest BCUT2D eigenvalue weighted by molar-refractivity contribution is -0.145. The summed E-state index contributed by atoms with van der Waals surface area (Å²) in [5, 5.41) is 10.9. The van der Waals surface area contributed by atoms with E-state index in [1.54, 1.807) is 6.08 Å². The van der Waals surface area contributed by atoms with Crippen LogP contribution in [0.4, 0.5) is 8.78 Å². The fraction of sp³-hybridized carbons (Fsp3) is 0.529. The van der Waals surface area contributed by atoms with Gasteiger partial charge in [0.05, 0.1) is 18.8 Å². The van der Waals surface area contributed by atoms with Gasteiger partial charge in [-0.25, -0.2) is 0 Å². The van der Waals surface area contributed by atoms with Crippen LogP contribution in [-0.4, -0.2) is 35.0 Å². The van der Waals surface area contributed by atoms with Gasteiger partial charge in [0, 0.05) is 25.2 Å². The molecule has 5 nitrogen and oxygen atoms in total. The molecular formula is C34H44F2O5. The zero-order valence-electron chi connectivity index (χ0n) is 24.1. The predicted octanol–water partition coefficient (Wildman–Crippen LogP) is 7.60. The smallest absolute Gasteiger partial charge is 0.309 e. The molecule has 2 aromatic carbocycles. The zero-order chi connectivity index (χ0) is 29.5. The Hall–Kier alpha value is -2.90. The van der Waals surface area contributed by atoms with Gasteiger partial charge in [-0.05, 0) is 42.4 Å². The molecule has 1 aliphatic rings. The van der Waals surface area contributed by atoms with Gasteiger partial charge in [-0.3, -0.25) is 9.59 Å². The number of rotatable bonds is 18. The molecule has 1 saturated carbocycles. The molecular weight excluding hydrogens is 526 g/mol. The van der Waals surface area contributed by atoms with E-state index in [1.807, 2.05) is 67.6 Å². The average molecular weight is 571 g/mol. The minimum absolute atomic E-state index is 0.195. The molecule has 7 heteroatoms. The minimum Gasteiger partial charge on any atom is -0.461 e. The molecule has 1 fully saturated rings. The Morgan fingerprint density at radius 3 is 2.22 bits per heavy atom. The fourth-order valence-electron chi connectivity index (χ4n) is 5.37. The molecule has 1 aliphatic carbocycles. The lowest BCUT2D eigenvalue weighted by Gasteiger charge is -2.23. The molecule has 41 heavy (non-hydrogen) atoms. The van der Waals surface area contributed by atoms with Crippen LogP contribution < -0.4 is 0 Å². The summed E-state index contributed by atoms with van der Waals surface area (Å²) in [6, 6.07) is 19.2. The van der Waals surface area contributed by atoms with Gasteiger partial charge >= 0.3 is 11.9 Å². The number of hydrogen-bond donors (Lipinski definition) is 1. The summed E-state index contributed by atoms with van der Waals surface area (Å²) < 4.78 is 40.1. The number of ketones is 1. The topological polar surface area (TPSA) is 72.8 Å². The second-order valence-corrected chi connectivity index (χ2v) is 11.0. The first-order valence-electron chi connectivity index (χ1n) is 14.9. The number of carbonyl (C=O) groups excluding carboxylic acids is 2. The maximum Gasteiger partial charge on any atom is 0.309 e. The number of aliphatic hydroxyl groups is 1. The maximum absolute atomic E-state index is 14.3. The number of allylic oxidation sites excluding steroid dienone is 1. The van der Waals surface area contributed by atoms with Crippen molar-refractivity contribution in [2.45, 2.75) is 102 Å². The lowest BCUT2D eigenvalue weighted by Crippen LogP contribution is -2.28. The van der Waals surface area contributed by atoms with E-state index in [2.05, 4.69) is 0 Å². The molecule has 1 N–H and O–H groups in total. The van der Waals surface area contributed by atoms with Crippen LogP contribution in [0.5, 0.6) is 0 Å². The zero-order valence-corrected chi connectivity index (χ0v) is 24.1. The van der Waals surface area contributed by atoms with Crippen LogP contribution in [0, 0.1) is 11.8 Å². The van der Waals surface area contributed by atoms with Crippen molar-refractivity contribution in [2.24, 2.45) is 11.8 Å². The van der Waals surface area contributed by atoms with E-state index >= 15 is 0 Å². The first-order chi connectivity index (χ1) is 19.8. The number of alkyl halides is 2. The van der Waals surface area contributed by atoms with Crippen LogP contribution in [-0.2, 0) is 32.3 Å². The molecule has 2 aromatic rings. The van der Waals surface area contributed by atoms with Gasteiger partial charge in [-0.15, -0.1) is 0 Å². The van der Waals surface area contributed by atoms with Gasteiger partial charge in [0.1, 0.15) is 6.61 Å². The average Bonchev–Trinajstić information content (AvgIpc) is 3.28. The van der Waals surface area contributed by atoms with Crippen LogP contribution in [0.3, 0.4) is 0 Å². The molecule has 0 aromatic heterocycles. The highest BCUT2D eigenvalue weighted by molar-refractivity contribution is 5.95. The number of ether oxygens (including phenoxy) is 2. The number of esters is 1. The Morgan fingerprint density at radius 2 is 1.56 bits per heavy atom. The third-order valence-electron chi connectivity index (χ3n) is 7.78. The number of carbonyl (C=O) groups is 2. The Morgan fingerprint density at radius 1 is 0.927 bits per heavy atom. The molecule has 0 radical (unpaired) electrons. The third kappa shape index (κ3) is 11.1. The summed E-state index contributed by atoms with van der Waals surface area (Å²) >= 11 is 0. The summed E-state index contributed by atoms with van der Waals surface area (Å²) in [5.74, 6) is -5.33. The monoisotopic (exact) mass is 570 g/mol. The van der Waals surface area contributed by atoms with Gasteiger partial charge in [-0.2, -0.15) is 8.78 Å². The molecule has 0 bridgehead atoms. The molecule has 0 saturated heterocycles. The second kappa shape index (κ2) is 17.1. The van der Waals surface area contributed by atoms with E-state index < -0.39 is 24.2 Å². The number of unbranched alkanes of at least 4 members (excludes halogenated alkanes) is 4. The number of benzene rings is 2. The molecule has 0 amide bonds. The van der Waals surface area contributed by atoms with Gasteiger partial charge in [0.2, 0.25) is 5.78 Å². The highest BCUT2D eigenvalue weighted by Crippen LogP contribution is 2.39. The van der Waals surface area contributed by atoms with Crippen molar-refractivity contribution in [2.75, 3.05) is 0 Å². The van der Waals surface area contributed by atoms with Crippen molar-refractivity contribution in [3.8, 4) is 0 Å². The second-order valence-electron chi connectivity index (χ2n) is 11.0. The van der Waals surface area contributed by atoms with Crippen LogP contribution in [0.25, 0.3) is 0 Å². The van der Waals surface area contributed by atoms with Crippen molar-refractivity contribution >= 4 is 11.8 Å². The number of aliphatic hydroxyl groups excluding tert-OH is 1. The highest BCUT2D eigenvalue weighted by atomic mass is 19.3. The van der Waals surface area contributed by atoms with Gasteiger partial charge in [0.25, 0.3) is 0 Å². The Labute approximate surface area is 242 Å². The summed E-state index contributed by atoms with van der Waals surface area (Å²) in [6.07, 6.45) is 6.62. The lowest BCUT2D eigenvalue weighted by atomic mass is 9.87. The Balaban J connectivity index is 1.50. The van der Waals surface area contributed by atoms with Gasteiger partial charge in [0.15, 0.2) is 0 Å². The first kappa shape index (κ1) is 32.6. The van der Waals surface area contributed by atoms with Crippen molar-refractivity contribution in [3.63, 3.8) is 0 Å². The normalized spacial score (nSPS) is 20.9. The predicted molar refractivity (Wildman–Crippen MR) is 155 cm³/mol. The van der Waals surface area contributed by atoms with E-state index in [0.717, 1.165) is 36.5 Å². The van der Waals surface area contributed by atoms with Crippen molar-refractivity contribution in [1.82, 2.24) is 0 Å². The van der Waals surface area contributed by atoms with Crippen molar-refractivity contribution < 1.29 is 33.0 Å². The van der Waals surface area contributed by atoms with Gasteiger partial charge in [-0.1, -0.05) is 99.3 Å². The summed E-state index contributed by atoms with van der Waals surface area (Å²) in [6.45, 7) is 2.43. The highest BCUT2D eigenvalue weighted by Gasteiger charge is 2.42. The van der Waals surface area contributed by atoms with Crippen LogP contribution in [0.1, 0.15) is 82.3 Å². The SMILES string of the molecule is CCCCC(F)(F)C(=O)C=C[C@@H]1[C@@H](CCCCCCC(=O)OCc2ccccc2)[C@@H](O)C[C@H]1OCc1ccccc1. The van der Waals surface area contributed by atoms with E-state index in [9.17, 15) is 23.5 Å². The number of hydrogen-bond acceptors (Lipinski definition) is 5. The van der Waals surface area contributed by atoms with Gasteiger partial charge < -0.3 is 14.6 Å². The molecule has 4 atom stereocenters. The van der Waals surface area contributed by atoms with Crippen molar-refractivity contribution in [3.05, 3.63) is 83.9 Å².